The molecule has 2 heterocycles. The van der Waals surface area contributed by atoms with Gasteiger partial charge >= 0.3 is 0 Å². The van der Waals surface area contributed by atoms with E-state index in [-0.39, 0.29) is 0 Å². The minimum atomic E-state index is 0.404. The second-order valence-electron chi connectivity index (χ2n) is 9.02. The number of nitrogens with zero attached hydrogens (tertiary/aromatic N) is 3. The highest BCUT2D eigenvalue weighted by molar-refractivity contribution is 5.76. The van der Waals surface area contributed by atoms with Crippen molar-refractivity contribution >= 4 is 5.91 Å². The van der Waals surface area contributed by atoms with Crippen molar-refractivity contribution in [3.8, 4) is 0 Å². The average Bonchev–Trinajstić information content (AvgIpc) is 3.35. The lowest BCUT2D eigenvalue weighted by Gasteiger charge is -2.29. The van der Waals surface area contributed by atoms with Gasteiger partial charge in [0.05, 0.1) is 0 Å². The van der Waals surface area contributed by atoms with Gasteiger partial charge in [0.15, 0.2) is 0 Å². The Hall–Kier alpha value is -1.42. The summed E-state index contributed by atoms with van der Waals surface area (Å²) in [7, 11) is 0. The number of aromatic nitrogens is 1. The molecule has 2 aliphatic carbocycles. The highest BCUT2D eigenvalue weighted by Gasteiger charge is 2.31. The largest absolute Gasteiger partial charge is 0.341 e. The van der Waals surface area contributed by atoms with Crippen LogP contribution in [0.5, 0.6) is 0 Å². The lowest BCUT2D eigenvalue weighted by atomic mass is 9.99. The van der Waals surface area contributed by atoms with Crippen molar-refractivity contribution in [3.05, 3.63) is 30.1 Å². The maximum atomic E-state index is 13.0. The van der Waals surface area contributed by atoms with Crippen molar-refractivity contribution in [1.29, 1.82) is 0 Å². The van der Waals surface area contributed by atoms with Gasteiger partial charge in [-0.1, -0.05) is 31.7 Å². The smallest absolute Gasteiger partial charge is 0.222 e. The number of hydrogen-bond acceptors (Lipinski definition) is 3. The Kier molecular flexibility index (Phi) is 6.43. The maximum Gasteiger partial charge on any atom is 0.222 e. The molecule has 0 radical (unpaired) electrons. The van der Waals surface area contributed by atoms with Gasteiger partial charge in [-0.3, -0.25) is 14.7 Å². The first kappa shape index (κ1) is 18.9. The zero-order valence-electron chi connectivity index (χ0n) is 16.7. The molecular weight excluding hydrogens is 334 g/mol. The standard InChI is InChI=1S/C23H35N3O/c27-23(16-19-7-1-2-8-19)26-14-13-25(22-10-3-4-11-22)17-20(18-26)15-21-9-5-6-12-24-21/h5-6,9,12,19-20,22H,1-4,7-8,10-11,13-18H2. The molecule has 1 aromatic rings. The zero-order chi connectivity index (χ0) is 18.5. The van der Waals surface area contributed by atoms with Gasteiger partial charge in [0, 0.05) is 50.5 Å². The van der Waals surface area contributed by atoms with Crippen molar-refractivity contribution in [1.82, 2.24) is 14.8 Å². The molecule has 3 aliphatic rings. The highest BCUT2D eigenvalue weighted by atomic mass is 16.2. The van der Waals surface area contributed by atoms with E-state index in [1.54, 1.807) is 0 Å². The molecule has 4 nitrogen and oxygen atoms in total. The van der Waals surface area contributed by atoms with Gasteiger partial charge in [-0.05, 0) is 56.1 Å². The molecule has 4 rings (SSSR count). The summed E-state index contributed by atoms with van der Waals surface area (Å²) in [6.07, 6.45) is 14.2. The van der Waals surface area contributed by atoms with Crippen LogP contribution in [0.1, 0.15) is 63.5 Å². The van der Waals surface area contributed by atoms with Crippen LogP contribution in [0.15, 0.2) is 24.4 Å². The van der Waals surface area contributed by atoms with Crippen molar-refractivity contribution in [2.45, 2.75) is 70.3 Å². The Balaban J connectivity index is 1.43. The van der Waals surface area contributed by atoms with Gasteiger partial charge < -0.3 is 4.90 Å². The monoisotopic (exact) mass is 369 g/mol. The summed E-state index contributed by atoms with van der Waals surface area (Å²) in [6.45, 7) is 4.00. The van der Waals surface area contributed by atoms with E-state index in [0.717, 1.165) is 45.1 Å². The highest BCUT2D eigenvalue weighted by Crippen LogP contribution is 2.29. The number of pyridine rings is 1. The summed E-state index contributed by atoms with van der Waals surface area (Å²) < 4.78 is 0. The first-order valence-electron chi connectivity index (χ1n) is 11.2. The number of hydrogen-bond donors (Lipinski definition) is 0. The van der Waals surface area contributed by atoms with E-state index in [1.165, 1.54) is 57.1 Å². The van der Waals surface area contributed by atoms with Crippen molar-refractivity contribution in [3.63, 3.8) is 0 Å². The number of carbonyl (C=O) groups excluding carboxylic acids is 1. The van der Waals surface area contributed by atoms with Crippen molar-refractivity contribution in [2.24, 2.45) is 11.8 Å². The quantitative estimate of drug-likeness (QED) is 0.790. The molecule has 1 amide bonds. The fourth-order valence-electron chi connectivity index (χ4n) is 5.49. The third-order valence-electron chi connectivity index (χ3n) is 6.98. The molecule has 4 heteroatoms. The zero-order valence-corrected chi connectivity index (χ0v) is 16.7. The lowest BCUT2D eigenvalue weighted by molar-refractivity contribution is -0.132. The molecule has 0 N–H and O–H groups in total. The van der Waals surface area contributed by atoms with E-state index < -0.39 is 0 Å². The number of amides is 1. The van der Waals surface area contributed by atoms with Crippen molar-refractivity contribution < 1.29 is 4.79 Å². The molecule has 1 aliphatic heterocycles. The lowest BCUT2D eigenvalue weighted by Crippen LogP contribution is -2.38. The summed E-state index contributed by atoms with van der Waals surface area (Å²) in [6, 6.07) is 6.94. The van der Waals surface area contributed by atoms with Crippen LogP contribution in [0.2, 0.25) is 0 Å². The summed E-state index contributed by atoms with van der Waals surface area (Å²) in [5.41, 5.74) is 1.17. The van der Waals surface area contributed by atoms with E-state index in [2.05, 4.69) is 26.9 Å². The summed E-state index contributed by atoms with van der Waals surface area (Å²) >= 11 is 0. The van der Waals surface area contributed by atoms with E-state index in [1.807, 2.05) is 12.3 Å². The van der Waals surface area contributed by atoms with Gasteiger partial charge in [-0.2, -0.15) is 0 Å². The fourth-order valence-corrected chi connectivity index (χ4v) is 5.49. The molecule has 1 unspecified atom stereocenters. The molecule has 3 fully saturated rings. The Morgan fingerprint density at radius 1 is 0.963 bits per heavy atom. The molecule has 0 bridgehead atoms. The van der Waals surface area contributed by atoms with E-state index in [9.17, 15) is 4.79 Å². The van der Waals surface area contributed by atoms with Crippen LogP contribution in [-0.2, 0) is 11.2 Å². The summed E-state index contributed by atoms with van der Waals surface area (Å²) in [4.78, 5) is 22.5. The molecule has 27 heavy (non-hydrogen) atoms. The topological polar surface area (TPSA) is 36.4 Å². The van der Waals surface area contributed by atoms with E-state index in [4.69, 9.17) is 0 Å². The normalized spacial score (nSPS) is 25.8. The van der Waals surface area contributed by atoms with E-state index in [0.29, 0.717) is 17.7 Å². The van der Waals surface area contributed by atoms with Crippen LogP contribution >= 0.6 is 0 Å². The minimum Gasteiger partial charge on any atom is -0.341 e. The predicted octanol–water partition coefficient (Wildman–Crippen LogP) is 3.91. The van der Waals surface area contributed by atoms with Crippen LogP contribution in [0.4, 0.5) is 0 Å². The first-order valence-corrected chi connectivity index (χ1v) is 11.2. The van der Waals surface area contributed by atoms with Crippen LogP contribution in [0.3, 0.4) is 0 Å². The van der Waals surface area contributed by atoms with Gasteiger partial charge in [0.1, 0.15) is 0 Å². The second kappa shape index (κ2) is 9.18. The molecule has 1 saturated heterocycles. The molecule has 0 aromatic carbocycles. The molecule has 1 atom stereocenters. The van der Waals surface area contributed by atoms with Crippen molar-refractivity contribution in [2.75, 3.05) is 26.2 Å². The minimum absolute atomic E-state index is 0.404. The number of carbonyl (C=O) groups is 1. The van der Waals surface area contributed by atoms with Crippen LogP contribution in [0.25, 0.3) is 0 Å². The molecule has 1 aromatic heterocycles. The molecular formula is C23H35N3O. The third kappa shape index (κ3) is 5.10. The maximum absolute atomic E-state index is 13.0. The molecule has 2 saturated carbocycles. The Labute approximate surface area is 164 Å². The van der Waals surface area contributed by atoms with Crippen LogP contribution < -0.4 is 0 Å². The summed E-state index contributed by atoms with van der Waals surface area (Å²) in [5.74, 6) is 1.54. The molecule has 0 spiro atoms. The van der Waals surface area contributed by atoms with E-state index >= 15 is 0 Å². The summed E-state index contributed by atoms with van der Waals surface area (Å²) in [5, 5.41) is 0. The molecule has 148 valence electrons. The predicted molar refractivity (Wildman–Crippen MR) is 108 cm³/mol. The Morgan fingerprint density at radius 3 is 2.48 bits per heavy atom. The van der Waals surface area contributed by atoms with Crippen LogP contribution in [-0.4, -0.2) is 52.9 Å². The first-order chi connectivity index (χ1) is 13.3. The fraction of sp³-hybridized carbons (Fsp3) is 0.739. The second-order valence-corrected chi connectivity index (χ2v) is 9.02. The van der Waals surface area contributed by atoms with Gasteiger partial charge in [0.2, 0.25) is 5.91 Å². The SMILES string of the molecule is O=C(CC1CCCC1)N1CCN(C2CCCC2)CC(Cc2ccccn2)C1. The van der Waals surface area contributed by atoms with Gasteiger partial charge in [-0.15, -0.1) is 0 Å². The average molecular weight is 370 g/mol. The van der Waals surface area contributed by atoms with Gasteiger partial charge in [0.25, 0.3) is 0 Å². The van der Waals surface area contributed by atoms with Gasteiger partial charge in [-0.25, -0.2) is 0 Å². The Bertz CT molecular complexity index is 593. The Morgan fingerprint density at radius 2 is 1.74 bits per heavy atom. The number of rotatable bonds is 5. The van der Waals surface area contributed by atoms with Crippen LogP contribution in [0, 0.1) is 11.8 Å². The third-order valence-corrected chi connectivity index (χ3v) is 6.98.